The van der Waals surface area contributed by atoms with Gasteiger partial charge in [-0.1, -0.05) is 44.5 Å². The molecule has 0 atom stereocenters. The van der Waals surface area contributed by atoms with Crippen LogP contribution in [-0.4, -0.2) is 16.3 Å². The first-order valence-corrected chi connectivity index (χ1v) is 10.6. The van der Waals surface area contributed by atoms with Gasteiger partial charge in [0, 0.05) is 28.4 Å². The van der Waals surface area contributed by atoms with E-state index in [4.69, 9.17) is 16.0 Å². The third-order valence-electron chi connectivity index (χ3n) is 4.78. The lowest BCUT2D eigenvalue weighted by molar-refractivity contribution is 0.471. The lowest BCUT2D eigenvalue weighted by Crippen LogP contribution is -2.10. The van der Waals surface area contributed by atoms with Gasteiger partial charge in [0.15, 0.2) is 5.58 Å². The molecule has 3 aromatic carbocycles. The van der Waals surface area contributed by atoms with E-state index in [1.54, 1.807) is 18.3 Å². The number of halogens is 2. The van der Waals surface area contributed by atoms with E-state index < -0.39 is 0 Å². The Labute approximate surface area is 188 Å². The molecule has 4 nitrogen and oxygen atoms in total. The number of benzene rings is 3. The van der Waals surface area contributed by atoms with Crippen LogP contribution >= 0.6 is 27.5 Å². The van der Waals surface area contributed by atoms with Crippen LogP contribution in [0, 0.1) is 0 Å². The molecular weight excluding hydrogens is 464 g/mol. The summed E-state index contributed by atoms with van der Waals surface area (Å²) in [6.07, 6.45) is 1.57. The van der Waals surface area contributed by atoms with Crippen molar-refractivity contribution < 1.29 is 9.52 Å². The van der Waals surface area contributed by atoms with E-state index in [9.17, 15) is 5.11 Å². The van der Waals surface area contributed by atoms with E-state index >= 15 is 0 Å². The first-order valence-electron chi connectivity index (χ1n) is 9.44. The predicted molar refractivity (Wildman–Crippen MR) is 126 cm³/mol. The van der Waals surface area contributed by atoms with Crippen LogP contribution in [0.4, 0.5) is 5.69 Å². The maximum atomic E-state index is 10.1. The molecule has 152 valence electrons. The van der Waals surface area contributed by atoms with E-state index in [1.807, 2.05) is 30.3 Å². The number of aliphatic imine (C=N–C) groups is 1. The highest BCUT2D eigenvalue weighted by molar-refractivity contribution is 9.10. The topological polar surface area (TPSA) is 58.6 Å². The number of hydrogen-bond acceptors (Lipinski definition) is 4. The molecule has 0 saturated carbocycles. The van der Waals surface area contributed by atoms with Crippen molar-refractivity contribution in [1.82, 2.24) is 4.98 Å². The van der Waals surface area contributed by atoms with Gasteiger partial charge in [0.1, 0.15) is 11.3 Å². The summed E-state index contributed by atoms with van der Waals surface area (Å²) in [5, 5.41) is 10.7. The van der Waals surface area contributed by atoms with Crippen molar-refractivity contribution >= 4 is 50.5 Å². The Bertz CT molecular complexity index is 1250. The molecule has 30 heavy (non-hydrogen) atoms. The molecule has 1 N–H and O–H groups in total. The first kappa shape index (κ1) is 20.6. The smallest absolute Gasteiger partial charge is 0.227 e. The molecule has 0 spiro atoms. The van der Waals surface area contributed by atoms with E-state index in [2.05, 4.69) is 58.8 Å². The maximum absolute atomic E-state index is 10.1. The molecule has 1 heterocycles. The van der Waals surface area contributed by atoms with Crippen molar-refractivity contribution in [2.45, 2.75) is 26.2 Å². The van der Waals surface area contributed by atoms with E-state index in [0.717, 1.165) is 11.1 Å². The molecule has 0 amide bonds. The minimum absolute atomic E-state index is 0.0879. The van der Waals surface area contributed by atoms with Gasteiger partial charge in [-0.3, -0.25) is 4.99 Å². The summed E-state index contributed by atoms with van der Waals surface area (Å²) >= 11 is 9.33. The molecule has 6 heteroatoms. The number of aromatic nitrogens is 1. The zero-order valence-electron chi connectivity index (χ0n) is 16.8. The lowest BCUT2D eigenvalue weighted by Gasteiger charge is -2.18. The SMILES string of the molecule is CC(C)(C)c1ccc(-c2nc3ccc(N=Cc4cc(Cl)cc(Br)c4O)cc3o2)cc1. The number of phenols is 1. The van der Waals surface area contributed by atoms with E-state index in [0.29, 0.717) is 32.2 Å². The second-order valence-electron chi connectivity index (χ2n) is 8.08. The Morgan fingerprint density at radius 3 is 2.50 bits per heavy atom. The molecular formula is C24H20BrClN2O2. The lowest BCUT2D eigenvalue weighted by atomic mass is 9.87. The van der Waals surface area contributed by atoms with Gasteiger partial charge in [-0.05, 0) is 63.3 Å². The highest BCUT2D eigenvalue weighted by atomic mass is 79.9. The summed E-state index contributed by atoms with van der Waals surface area (Å²) < 4.78 is 6.49. The summed E-state index contributed by atoms with van der Waals surface area (Å²) in [6, 6.07) is 17.1. The normalized spacial score (nSPS) is 12.2. The summed E-state index contributed by atoms with van der Waals surface area (Å²) in [5.41, 5.74) is 4.90. The first-order chi connectivity index (χ1) is 14.2. The Balaban J connectivity index is 1.63. The zero-order chi connectivity index (χ0) is 21.5. The molecule has 1 aromatic heterocycles. The van der Waals surface area contributed by atoms with Crippen LogP contribution in [0.1, 0.15) is 31.9 Å². The predicted octanol–water partition coefficient (Wildman–Crippen LogP) is 7.66. The van der Waals surface area contributed by atoms with Crippen LogP contribution in [0.25, 0.3) is 22.6 Å². The Kier molecular flexibility index (Phi) is 5.43. The van der Waals surface area contributed by atoms with Gasteiger partial charge in [0.2, 0.25) is 5.89 Å². The number of rotatable bonds is 3. The second-order valence-corrected chi connectivity index (χ2v) is 9.37. The molecule has 0 bridgehead atoms. The highest BCUT2D eigenvalue weighted by Crippen LogP contribution is 2.32. The summed E-state index contributed by atoms with van der Waals surface area (Å²) in [5.74, 6) is 0.660. The van der Waals surface area contributed by atoms with Gasteiger partial charge in [-0.25, -0.2) is 4.98 Å². The van der Waals surface area contributed by atoms with Gasteiger partial charge in [0.05, 0.1) is 10.2 Å². The Morgan fingerprint density at radius 2 is 1.80 bits per heavy atom. The monoisotopic (exact) mass is 482 g/mol. The Hall–Kier alpha value is -2.63. The van der Waals surface area contributed by atoms with E-state index in [-0.39, 0.29) is 11.2 Å². The van der Waals surface area contributed by atoms with Crippen LogP contribution in [0.3, 0.4) is 0 Å². The summed E-state index contributed by atoms with van der Waals surface area (Å²) in [4.78, 5) is 9.03. The van der Waals surface area contributed by atoms with Gasteiger partial charge < -0.3 is 9.52 Å². The number of oxazole rings is 1. The third kappa shape index (κ3) is 4.27. The number of aromatic hydroxyl groups is 1. The minimum Gasteiger partial charge on any atom is -0.506 e. The van der Waals surface area contributed by atoms with E-state index in [1.165, 1.54) is 5.56 Å². The van der Waals surface area contributed by atoms with Crippen LogP contribution in [0.2, 0.25) is 5.02 Å². The molecule has 0 fully saturated rings. The molecule has 0 saturated heterocycles. The number of nitrogens with zero attached hydrogens (tertiary/aromatic N) is 2. The van der Waals surface area contributed by atoms with Crippen LogP contribution in [0.5, 0.6) is 5.75 Å². The van der Waals surface area contributed by atoms with Gasteiger partial charge in [-0.15, -0.1) is 0 Å². The van der Waals surface area contributed by atoms with Gasteiger partial charge in [-0.2, -0.15) is 0 Å². The average Bonchev–Trinajstić information content (AvgIpc) is 3.12. The summed E-state index contributed by atoms with van der Waals surface area (Å²) in [7, 11) is 0. The molecule has 4 aromatic rings. The maximum Gasteiger partial charge on any atom is 0.227 e. The van der Waals surface area contributed by atoms with Crippen molar-refractivity contribution in [1.29, 1.82) is 0 Å². The van der Waals surface area contributed by atoms with Gasteiger partial charge in [0.25, 0.3) is 0 Å². The Morgan fingerprint density at radius 1 is 1.07 bits per heavy atom. The highest BCUT2D eigenvalue weighted by Gasteiger charge is 2.15. The van der Waals surface area contributed by atoms with Crippen molar-refractivity contribution in [3.8, 4) is 17.2 Å². The number of hydrogen-bond donors (Lipinski definition) is 1. The van der Waals surface area contributed by atoms with Crippen molar-refractivity contribution in [3.63, 3.8) is 0 Å². The quantitative estimate of drug-likeness (QED) is 0.304. The number of fused-ring (bicyclic) bond motifs is 1. The average molecular weight is 484 g/mol. The fraction of sp³-hybridized carbons (Fsp3) is 0.167. The molecule has 0 aliphatic carbocycles. The van der Waals surface area contributed by atoms with Crippen LogP contribution < -0.4 is 0 Å². The molecule has 4 rings (SSSR count). The third-order valence-corrected chi connectivity index (χ3v) is 5.60. The molecule has 0 aliphatic rings. The largest absolute Gasteiger partial charge is 0.506 e. The van der Waals surface area contributed by atoms with Crippen molar-refractivity contribution in [2.24, 2.45) is 4.99 Å². The number of phenolic OH excluding ortho intramolecular Hbond substituents is 1. The second kappa shape index (κ2) is 7.89. The molecule has 0 aliphatic heterocycles. The van der Waals surface area contributed by atoms with Crippen molar-refractivity contribution in [2.75, 3.05) is 0 Å². The van der Waals surface area contributed by atoms with Crippen molar-refractivity contribution in [3.05, 3.63) is 75.2 Å². The summed E-state index contributed by atoms with van der Waals surface area (Å²) in [6.45, 7) is 6.56. The fourth-order valence-corrected chi connectivity index (χ4v) is 3.89. The van der Waals surface area contributed by atoms with Crippen LogP contribution in [0.15, 0.2) is 68.5 Å². The zero-order valence-corrected chi connectivity index (χ0v) is 19.1. The van der Waals surface area contributed by atoms with Gasteiger partial charge >= 0.3 is 0 Å². The standard InChI is InChI=1S/C24H20BrClN2O2/c1-24(2,3)16-6-4-14(5-7-16)23-28-20-9-8-18(12-21(20)30-23)27-13-15-10-17(26)11-19(25)22(15)29/h4-13,29H,1-3H3. The van der Waals surface area contributed by atoms with Crippen LogP contribution in [-0.2, 0) is 5.41 Å². The molecule has 0 radical (unpaired) electrons. The minimum atomic E-state index is 0.0879. The fourth-order valence-electron chi connectivity index (χ4n) is 3.06. The molecule has 0 unspecified atom stereocenters.